The number of thiophene rings is 1. The van der Waals surface area contributed by atoms with E-state index in [-0.39, 0.29) is 0 Å². The van der Waals surface area contributed by atoms with E-state index in [1.165, 1.54) is 24.8 Å². The summed E-state index contributed by atoms with van der Waals surface area (Å²) in [6.45, 7) is 5.87. The van der Waals surface area contributed by atoms with E-state index in [0.717, 1.165) is 13.2 Å². The fourth-order valence-corrected chi connectivity index (χ4v) is 3.33. The maximum atomic E-state index is 5.45. The van der Waals surface area contributed by atoms with Crippen LogP contribution in [0.25, 0.3) is 0 Å². The molecule has 2 nitrogen and oxygen atoms in total. The molecule has 1 aromatic heterocycles. The van der Waals surface area contributed by atoms with E-state index in [9.17, 15) is 0 Å². The van der Waals surface area contributed by atoms with Crippen molar-refractivity contribution < 1.29 is 4.74 Å². The van der Waals surface area contributed by atoms with Crippen molar-refractivity contribution in [2.45, 2.75) is 45.2 Å². The molecule has 1 N–H and O–H groups in total. The van der Waals surface area contributed by atoms with Gasteiger partial charge in [0.15, 0.2) is 0 Å². The molecule has 1 aliphatic rings. The molecule has 0 amide bonds. The molecule has 0 aliphatic heterocycles. The van der Waals surface area contributed by atoms with Gasteiger partial charge in [0.05, 0.1) is 6.61 Å². The second kappa shape index (κ2) is 5.80. The number of fused-ring (bicyclic) bond motifs is 1. The predicted molar refractivity (Wildman–Crippen MR) is 69.1 cm³/mol. The minimum Gasteiger partial charge on any atom is -0.380 e. The fraction of sp³-hybridized carbons (Fsp3) is 0.692. The monoisotopic (exact) mass is 239 g/mol. The van der Waals surface area contributed by atoms with Crippen molar-refractivity contribution in [1.29, 1.82) is 0 Å². The number of hydrogen-bond acceptors (Lipinski definition) is 3. The number of rotatable bonds is 5. The Morgan fingerprint density at radius 1 is 1.62 bits per heavy atom. The van der Waals surface area contributed by atoms with Gasteiger partial charge in [-0.05, 0) is 50.1 Å². The summed E-state index contributed by atoms with van der Waals surface area (Å²) in [5.74, 6) is 0. The zero-order chi connectivity index (χ0) is 11.4. The first kappa shape index (κ1) is 12.1. The molecular weight excluding hydrogens is 218 g/mol. The molecule has 0 saturated carbocycles. The Bertz CT molecular complexity index is 323. The highest BCUT2D eigenvalue weighted by atomic mass is 32.1. The van der Waals surface area contributed by atoms with Crippen LogP contribution in [0.3, 0.4) is 0 Å². The molecule has 0 bridgehead atoms. The molecule has 16 heavy (non-hydrogen) atoms. The van der Waals surface area contributed by atoms with Crippen molar-refractivity contribution in [3.63, 3.8) is 0 Å². The Hall–Kier alpha value is -0.380. The number of nitrogens with one attached hydrogen (secondary N) is 1. The normalized spacial score (nSPS) is 21.8. The van der Waals surface area contributed by atoms with E-state index in [4.69, 9.17) is 4.74 Å². The van der Waals surface area contributed by atoms with Gasteiger partial charge in [0.1, 0.15) is 0 Å². The number of aryl methyl sites for hydroxylation is 1. The summed E-state index contributed by atoms with van der Waals surface area (Å²) in [7, 11) is 0. The zero-order valence-corrected chi connectivity index (χ0v) is 11.0. The van der Waals surface area contributed by atoms with Crippen LogP contribution in [0.4, 0.5) is 0 Å². The van der Waals surface area contributed by atoms with Gasteiger partial charge in [0.25, 0.3) is 0 Å². The SMILES string of the molecule is CCOCC(C)NC1CCCc2sccc21. The molecule has 0 radical (unpaired) electrons. The van der Waals surface area contributed by atoms with Gasteiger partial charge >= 0.3 is 0 Å². The highest BCUT2D eigenvalue weighted by Gasteiger charge is 2.22. The summed E-state index contributed by atoms with van der Waals surface area (Å²) in [6, 6.07) is 3.27. The Morgan fingerprint density at radius 2 is 2.50 bits per heavy atom. The molecule has 3 heteroatoms. The third-order valence-electron chi connectivity index (χ3n) is 3.11. The van der Waals surface area contributed by atoms with Crippen LogP contribution < -0.4 is 5.32 Å². The van der Waals surface area contributed by atoms with Gasteiger partial charge in [0.2, 0.25) is 0 Å². The third-order valence-corrected chi connectivity index (χ3v) is 4.11. The molecule has 1 heterocycles. The first-order chi connectivity index (χ1) is 7.81. The van der Waals surface area contributed by atoms with Gasteiger partial charge in [-0.25, -0.2) is 0 Å². The first-order valence-corrected chi connectivity index (χ1v) is 7.09. The molecule has 0 saturated heterocycles. The maximum absolute atomic E-state index is 5.45. The van der Waals surface area contributed by atoms with E-state index < -0.39 is 0 Å². The fourth-order valence-electron chi connectivity index (χ4n) is 2.35. The topological polar surface area (TPSA) is 21.3 Å². The van der Waals surface area contributed by atoms with Gasteiger partial charge < -0.3 is 10.1 Å². The lowest BCUT2D eigenvalue weighted by atomic mass is 9.93. The van der Waals surface area contributed by atoms with E-state index in [1.807, 2.05) is 18.3 Å². The van der Waals surface area contributed by atoms with E-state index in [1.54, 1.807) is 4.88 Å². The van der Waals surface area contributed by atoms with E-state index in [0.29, 0.717) is 12.1 Å². The van der Waals surface area contributed by atoms with Crippen LogP contribution in [0.2, 0.25) is 0 Å². The summed E-state index contributed by atoms with van der Waals surface area (Å²) in [6.07, 6.45) is 3.84. The van der Waals surface area contributed by atoms with Gasteiger partial charge in [-0.3, -0.25) is 0 Å². The maximum Gasteiger partial charge on any atom is 0.0616 e. The largest absolute Gasteiger partial charge is 0.380 e. The Kier molecular flexibility index (Phi) is 4.38. The molecule has 1 aliphatic carbocycles. The standard InChI is InChI=1S/C13H21NOS/c1-3-15-9-10(2)14-12-5-4-6-13-11(12)7-8-16-13/h7-8,10,12,14H,3-6,9H2,1-2H3. The molecule has 2 rings (SSSR count). The van der Waals surface area contributed by atoms with E-state index in [2.05, 4.69) is 23.7 Å². The molecule has 2 atom stereocenters. The minimum absolute atomic E-state index is 0.441. The Labute approximate surface area is 102 Å². The number of ether oxygens (including phenoxy) is 1. The van der Waals surface area contributed by atoms with Crippen molar-refractivity contribution in [3.05, 3.63) is 21.9 Å². The van der Waals surface area contributed by atoms with Crippen LogP contribution in [0, 0.1) is 0 Å². The second-order valence-electron chi connectivity index (χ2n) is 4.47. The predicted octanol–water partition coefficient (Wildman–Crippen LogP) is 3.14. The highest BCUT2D eigenvalue weighted by Crippen LogP contribution is 2.33. The van der Waals surface area contributed by atoms with Crippen molar-refractivity contribution in [2.24, 2.45) is 0 Å². The minimum atomic E-state index is 0.441. The molecule has 0 fully saturated rings. The second-order valence-corrected chi connectivity index (χ2v) is 5.47. The summed E-state index contributed by atoms with van der Waals surface area (Å²) < 4.78 is 5.45. The summed E-state index contributed by atoms with van der Waals surface area (Å²) in [5, 5.41) is 5.90. The smallest absolute Gasteiger partial charge is 0.0616 e. The molecule has 2 unspecified atom stereocenters. The van der Waals surface area contributed by atoms with Gasteiger partial charge in [0, 0.05) is 23.6 Å². The number of hydrogen-bond donors (Lipinski definition) is 1. The summed E-state index contributed by atoms with van der Waals surface area (Å²) in [5.41, 5.74) is 1.53. The molecule has 90 valence electrons. The van der Waals surface area contributed by atoms with Crippen molar-refractivity contribution >= 4 is 11.3 Å². The van der Waals surface area contributed by atoms with Crippen LogP contribution in [0.1, 0.15) is 43.2 Å². The summed E-state index contributed by atoms with van der Waals surface area (Å²) in [4.78, 5) is 1.58. The average molecular weight is 239 g/mol. The van der Waals surface area contributed by atoms with Gasteiger partial charge in [-0.2, -0.15) is 0 Å². The first-order valence-electron chi connectivity index (χ1n) is 6.21. The Morgan fingerprint density at radius 3 is 3.31 bits per heavy atom. The van der Waals surface area contributed by atoms with Crippen molar-refractivity contribution in [3.8, 4) is 0 Å². The zero-order valence-electron chi connectivity index (χ0n) is 10.2. The van der Waals surface area contributed by atoms with Crippen LogP contribution in [-0.2, 0) is 11.2 Å². The molecule has 1 aromatic rings. The van der Waals surface area contributed by atoms with Gasteiger partial charge in [-0.1, -0.05) is 0 Å². The Balaban J connectivity index is 1.92. The molecule has 0 spiro atoms. The lowest BCUT2D eigenvalue weighted by Gasteiger charge is -2.27. The molecule has 0 aromatic carbocycles. The summed E-state index contributed by atoms with van der Waals surface area (Å²) >= 11 is 1.90. The average Bonchev–Trinajstić information content (AvgIpc) is 2.75. The van der Waals surface area contributed by atoms with Gasteiger partial charge in [-0.15, -0.1) is 11.3 Å². The lowest BCUT2D eigenvalue weighted by Crippen LogP contribution is -2.35. The van der Waals surface area contributed by atoms with Crippen LogP contribution in [0.15, 0.2) is 11.4 Å². The highest BCUT2D eigenvalue weighted by molar-refractivity contribution is 7.10. The quantitative estimate of drug-likeness (QED) is 0.852. The van der Waals surface area contributed by atoms with Crippen LogP contribution in [-0.4, -0.2) is 19.3 Å². The van der Waals surface area contributed by atoms with Crippen LogP contribution in [0.5, 0.6) is 0 Å². The van der Waals surface area contributed by atoms with Crippen molar-refractivity contribution in [1.82, 2.24) is 5.32 Å². The van der Waals surface area contributed by atoms with E-state index >= 15 is 0 Å². The molecular formula is C13H21NOS. The lowest BCUT2D eigenvalue weighted by molar-refractivity contribution is 0.122. The van der Waals surface area contributed by atoms with Crippen molar-refractivity contribution in [2.75, 3.05) is 13.2 Å². The third kappa shape index (κ3) is 2.84. The van der Waals surface area contributed by atoms with Crippen LogP contribution >= 0.6 is 11.3 Å².